The zero-order chi connectivity index (χ0) is 12.3. The molecule has 2 rings (SSSR count). The lowest BCUT2D eigenvalue weighted by Gasteiger charge is -2.15. The molecule has 92 valence electrons. The number of carbonyl (C=O) groups is 1. The first kappa shape index (κ1) is 12.5. The predicted octanol–water partition coefficient (Wildman–Crippen LogP) is 3.29. The van der Waals surface area contributed by atoms with E-state index in [-0.39, 0.29) is 5.91 Å². The SMILES string of the molecule is CCCC1(CNC(=O)c2ccccc2S)CC1. The van der Waals surface area contributed by atoms with Crippen LogP contribution in [0.4, 0.5) is 0 Å². The molecule has 0 unspecified atom stereocenters. The lowest BCUT2D eigenvalue weighted by atomic mass is 10.0. The summed E-state index contributed by atoms with van der Waals surface area (Å²) in [7, 11) is 0. The number of thiol groups is 1. The molecule has 2 nitrogen and oxygen atoms in total. The minimum atomic E-state index is -0.00187. The van der Waals surface area contributed by atoms with Crippen LogP contribution in [-0.2, 0) is 0 Å². The predicted molar refractivity (Wildman–Crippen MR) is 72.6 cm³/mol. The largest absolute Gasteiger partial charge is 0.351 e. The minimum Gasteiger partial charge on any atom is -0.351 e. The number of rotatable bonds is 5. The van der Waals surface area contributed by atoms with E-state index >= 15 is 0 Å². The third-order valence-electron chi connectivity index (χ3n) is 3.51. The smallest absolute Gasteiger partial charge is 0.252 e. The lowest BCUT2D eigenvalue weighted by molar-refractivity contribution is 0.0941. The number of amides is 1. The van der Waals surface area contributed by atoms with Gasteiger partial charge >= 0.3 is 0 Å². The molecule has 1 aromatic rings. The maximum Gasteiger partial charge on any atom is 0.252 e. The van der Waals surface area contributed by atoms with Crippen molar-refractivity contribution < 1.29 is 4.79 Å². The Bertz CT molecular complexity index is 412. The quantitative estimate of drug-likeness (QED) is 0.770. The van der Waals surface area contributed by atoms with Crippen molar-refractivity contribution in [3.05, 3.63) is 29.8 Å². The fourth-order valence-corrected chi connectivity index (χ4v) is 2.51. The van der Waals surface area contributed by atoms with Gasteiger partial charge in [-0.1, -0.05) is 25.5 Å². The standard InChI is InChI=1S/C14H19NOS/c1-2-7-14(8-9-14)10-15-13(16)11-5-3-4-6-12(11)17/h3-6,17H,2,7-10H2,1H3,(H,15,16). The van der Waals surface area contributed by atoms with Crippen molar-refractivity contribution in [2.45, 2.75) is 37.5 Å². The fraction of sp³-hybridized carbons (Fsp3) is 0.500. The summed E-state index contributed by atoms with van der Waals surface area (Å²) in [5.74, 6) is -0.00187. The molecule has 1 fully saturated rings. The Morgan fingerprint density at radius 3 is 2.71 bits per heavy atom. The van der Waals surface area contributed by atoms with E-state index in [0.717, 1.165) is 11.4 Å². The van der Waals surface area contributed by atoms with Gasteiger partial charge in [-0.3, -0.25) is 4.79 Å². The molecule has 0 bridgehead atoms. The summed E-state index contributed by atoms with van der Waals surface area (Å²) >= 11 is 4.30. The molecule has 0 heterocycles. The Labute approximate surface area is 108 Å². The van der Waals surface area contributed by atoms with Gasteiger partial charge in [0, 0.05) is 11.4 Å². The normalized spacial score (nSPS) is 16.6. The zero-order valence-electron chi connectivity index (χ0n) is 10.2. The minimum absolute atomic E-state index is 0.00187. The van der Waals surface area contributed by atoms with E-state index in [1.54, 1.807) is 0 Å². The second-order valence-corrected chi connectivity index (χ2v) is 5.43. The van der Waals surface area contributed by atoms with Crippen LogP contribution in [0.15, 0.2) is 29.2 Å². The number of nitrogens with one attached hydrogen (secondary N) is 1. The monoisotopic (exact) mass is 249 g/mol. The molecular weight excluding hydrogens is 230 g/mol. The van der Waals surface area contributed by atoms with Crippen molar-refractivity contribution in [3.8, 4) is 0 Å². The average Bonchev–Trinajstić information content (AvgIpc) is 3.08. The first-order valence-electron chi connectivity index (χ1n) is 6.23. The highest BCUT2D eigenvalue weighted by atomic mass is 32.1. The van der Waals surface area contributed by atoms with Crippen molar-refractivity contribution in [2.24, 2.45) is 5.41 Å². The van der Waals surface area contributed by atoms with Gasteiger partial charge in [0.15, 0.2) is 0 Å². The fourth-order valence-electron chi connectivity index (χ4n) is 2.25. The van der Waals surface area contributed by atoms with Gasteiger partial charge in [-0.25, -0.2) is 0 Å². The molecule has 1 saturated carbocycles. The van der Waals surface area contributed by atoms with Crippen LogP contribution in [0.25, 0.3) is 0 Å². The van der Waals surface area contributed by atoms with E-state index in [1.165, 1.54) is 25.7 Å². The van der Waals surface area contributed by atoms with E-state index in [0.29, 0.717) is 11.0 Å². The summed E-state index contributed by atoms with van der Waals surface area (Å²) in [6.07, 6.45) is 4.92. The number of carbonyl (C=O) groups excluding carboxylic acids is 1. The van der Waals surface area contributed by atoms with E-state index < -0.39 is 0 Å². The van der Waals surface area contributed by atoms with Crippen LogP contribution in [0.3, 0.4) is 0 Å². The number of benzene rings is 1. The van der Waals surface area contributed by atoms with Crippen LogP contribution < -0.4 is 5.32 Å². The Morgan fingerprint density at radius 1 is 1.41 bits per heavy atom. The summed E-state index contributed by atoms with van der Waals surface area (Å²) in [4.78, 5) is 12.7. The molecule has 1 aromatic carbocycles. The molecule has 1 amide bonds. The van der Waals surface area contributed by atoms with Crippen LogP contribution in [0.1, 0.15) is 43.0 Å². The van der Waals surface area contributed by atoms with E-state index in [9.17, 15) is 4.79 Å². The summed E-state index contributed by atoms with van der Waals surface area (Å²) < 4.78 is 0. The Morgan fingerprint density at radius 2 is 2.12 bits per heavy atom. The maximum absolute atomic E-state index is 12.0. The molecule has 17 heavy (non-hydrogen) atoms. The highest BCUT2D eigenvalue weighted by Crippen LogP contribution is 2.48. The molecule has 0 spiro atoms. The lowest BCUT2D eigenvalue weighted by Crippen LogP contribution is -2.30. The van der Waals surface area contributed by atoms with Gasteiger partial charge in [-0.2, -0.15) is 0 Å². The molecule has 0 saturated heterocycles. The van der Waals surface area contributed by atoms with Gasteiger partial charge < -0.3 is 5.32 Å². The van der Waals surface area contributed by atoms with Crippen molar-refractivity contribution >= 4 is 18.5 Å². The third-order valence-corrected chi connectivity index (χ3v) is 3.90. The topological polar surface area (TPSA) is 29.1 Å². The summed E-state index contributed by atoms with van der Waals surface area (Å²) in [5, 5.41) is 3.04. The zero-order valence-corrected chi connectivity index (χ0v) is 11.1. The first-order valence-corrected chi connectivity index (χ1v) is 6.68. The molecule has 1 aliphatic rings. The average molecular weight is 249 g/mol. The molecule has 3 heteroatoms. The van der Waals surface area contributed by atoms with Crippen molar-refractivity contribution in [3.63, 3.8) is 0 Å². The van der Waals surface area contributed by atoms with Gasteiger partial charge in [-0.05, 0) is 36.8 Å². The molecule has 0 aliphatic heterocycles. The number of hydrogen-bond acceptors (Lipinski definition) is 2. The van der Waals surface area contributed by atoms with Crippen LogP contribution in [0.2, 0.25) is 0 Å². The van der Waals surface area contributed by atoms with Gasteiger partial charge in [0.1, 0.15) is 0 Å². The van der Waals surface area contributed by atoms with Crippen molar-refractivity contribution in [2.75, 3.05) is 6.54 Å². The number of hydrogen-bond donors (Lipinski definition) is 2. The summed E-state index contributed by atoms with van der Waals surface area (Å²) in [6, 6.07) is 7.42. The Hall–Kier alpha value is -0.960. The molecular formula is C14H19NOS. The van der Waals surface area contributed by atoms with Gasteiger partial charge in [-0.15, -0.1) is 12.6 Å². The first-order chi connectivity index (χ1) is 8.17. The van der Waals surface area contributed by atoms with E-state index in [2.05, 4.69) is 24.9 Å². The summed E-state index contributed by atoms with van der Waals surface area (Å²) in [5.41, 5.74) is 1.07. The molecule has 0 atom stereocenters. The highest BCUT2D eigenvalue weighted by molar-refractivity contribution is 7.80. The molecule has 0 aromatic heterocycles. The van der Waals surface area contributed by atoms with Gasteiger partial charge in [0.2, 0.25) is 0 Å². The third kappa shape index (κ3) is 3.03. The highest BCUT2D eigenvalue weighted by Gasteiger charge is 2.41. The van der Waals surface area contributed by atoms with Crippen LogP contribution in [-0.4, -0.2) is 12.5 Å². The van der Waals surface area contributed by atoms with Crippen LogP contribution in [0.5, 0.6) is 0 Å². The van der Waals surface area contributed by atoms with Gasteiger partial charge in [0.05, 0.1) is 5.56 Å². The van der Waals surface area contributed by atoms with Gasteiger partial charge in [0.25, 0.3) is 5.91 Å². The molecule has 1 aliphatic carbocycles. The molecule has 1 N–H and O–H groups in total. The second kappa shape index (κ2) is 5.13. The maximum atomic E-state index is 12.0. The van der Waals surface area contributed by atoms with Crippen molar-refractivity contribution in [1.82, 2.24) is 5.32 Å². The second-order valence-electron chi connectivity index (χ2n) is 4.95. The summed E-state index contributed by atoms with van der Waals surface area (Å²) in [6.45, 7) is 3.01. The van der Waals surface area contributed by atoms with E-state index in [1.807, 2.05) is 24.3 Å². The van der Waals surface area contributed by atoms with E-state index in [4.69, 9.17) is 0 Å². The molecule has 0 radical (unpaired) electrons. The van der Waals surface area contributed by atoms with Crippen LogP contribution in [0, 0.1) is 5.41 Å². The Balaban J connectivity index is 1.92. The van der Waals surface area contributed by atoms with Crippen LogP contribution >= 0.6 is 12.6 Å². The Kier molecular flexibility index (Phi) is 3.77. The van der Waals surface area contributed by atoms with Crippen molar-refractivity contribution in [1.29, 1.82) is 0 Å².